The Morgan fingerprint density at radius 2 is 1.81 bits per heavy atom. The monoisotopic (exact) mass is 281 g/mol. The van der Waals surface area contributed by atoms with Crippen LogP contribution in [0.15, 0.2) is 54.6 Å². The van der Waals surface area contributed by atoms with Gasteiger partial charge >= 0.3 is 0 Å². The standard InChI is InChI=1S/C18H16FNO/c1-12-10-15(14-7-3-5-9-17(14)20-12)18(21)11-13-6-2-4-8-16(13)19/h2-10,18,21H,11H2,1H3. The summed E-state index contributed by atoms with van der Waals surface area (Å²) in [5.41, 5.74) is 3.00. The minimum Gasteiger partial charge on any atom is -0.388 e. The van der Waals surface area contributed by atoms with E-state index in [-0.39, 0.29) is 12.2 Å². The number of fused-ring (bicyclic) bond motifs is 1. The fraction of sp³-hybridized carbons (Fsp3) is 0.167. The highest BCUT2D eigenvalue weighted by molar-refractivity contribution is 5.82. The van der Waals surface area contributed by atoms with E-state index in [1.165, 1.54) is 6.07 Å². The average molecular weight is 281 g/mol. The second kappa shape index (κ2) is 5.62. The summed E-state index contributed by atoms with van der Waals surface area (Å²) in [5, 5.41) is 11.4. The Bertz CT molecular complexity index is 785. The maximum Gasteiger partial charge on any atom is 0.126 e. The smallest absolute Gasteiger partial charge is 0.126 e. The van der Waals surface area contributed by atoms with Gasteiger partial charge in [0.15, 0.2) is 0 Å². The third-order valence-electron chi connectivity index (χ3n) is 3.61. The molecule has 0 spiro atoms. The maximum absolute atomic E-state index is 13.7. The number of aryl methyl sites for hydroxylation is 1. The second-order valence-corrected chi connectivity index (χ2v) is 5.18. The van der Waals surface area contributed by atoms with Crippen molar-refractivity contribution in [2.24, 2.45) is 0 Å². The number of pyridine rings is 1. The first-order chi connectivity index (χ1) is 10.1. The molecule has 0 fully saturated rings. The highest BCUT2D eigenvalue weighted by Crippen LogP contribution is 2.27. The van der Waals surface area contributed by atoms with Gasteiger partial charge in [-0.05, 0) is 36.2 Å². The molecule has 1 heterocycles. The Labute approximate surface area is 122 Å². The van der Waals surface area contributed by atoms with Crippen molar-refractivity contribution in [1.29, 1.82) is 0 Å². The molecule has 1 N–H and O–H groups in total. The number of para-hydroxylation sites is 1. The Balaban J connectivity index is 2.02. The molecular weight excluding hydrogens is 265 g/mol. The van der Waals surface area contributed by atoms with Gasteiger partial charge in [-0.15, -0.1) is 0 Å². The van der Waals surface area contributed by atoms with E-state index in [1.807, 2.05) is 37.3 Å². The van der Waals surface area contributed by atoms with Crippen molar-refractivity contribution < 1.29 is 9.50 Å². The highest BCUT2D eigenvalue weighted by Gasteiger charge is 2.15. The second-order valence-electron chi connectivity index (χ2n) is 5.18. The molecule has 0 bridgehead atoms. The van der Waals surface area contributed by atoms with E-state index in [0.717, 1.165) is 22.2 Å². The van der Waals surface area contributed by atoms with Crippen LogP contribution in [0.1, 0.15) is 22.9 Å². The minimum atomic E-state index is -0.756. The predicted octanol–water partition coefficient (Wildman–Crippen LogP) is 3.96. The minimum absolute atomic E-state index is 0.250. The van der Waals surface area contributed by atoms with Crippen LogP contribution >= 0.6 is 0 Å². The summed E-state index contributed by atoms with van der Waals surface area (Å²) in [7, 11) is 0. The van der Waals surface area contributed by atoms with Crippen LogP contribution in [0.3, 0.4) is 0 Å². The quantitative estimate of drug-likeness (QED) is 0.788. The number of halogens is 1. The molecule has 1 atom stereocenters. The lowest BCUT2D eigenvalue weighted by Crippen LogP contribution is -2.05. The van der Waals surface area contributed by atoms with Crippen LogP contribution in [-0.4, -0.2) is 10.1 Å². The average Bonchev–Trinajstić information content (AvgIpc) is 2.48. The van der Waals surface area contributed by atoms with E-state index in [4.69, 9.17) is 0 Å². The van der Waals surface area contributed by atoms with Crippen molar-refractivity contribution in [3.8, 4) is 0 Å². The van der Waals surface area contributed by atoms with E-state index < -0.39 is 6.10 Å². The van der Waals surface area contributed by atoms with E-state index in [9.17, 15) is 9.50 Å². The number of benzene rings is 2. The van der Waals surface area contributed by atoms with E-state index in [1.54, 1.807) is 18.2 Å². The Morgan fingerprint density at radius 1 is 1.10 bits per heavy atom. The number of hydrogen-bond donors (Lipinski definition) is 1. The molecule has 1 aromatic heterocycles. The third-order valence-corrected chi connectivity index (χ3v) is 3.61. The summed E-state index contributed by atoms with van der Waals surface area (Å²) >= 11 is 0. The third kappa shape index (κ3) is 2.78. The number of aliphatic hydroxyl groups is 1. The summed E-state index contributed by atoms with van der Waals surface area (Å²) in [4.78, 5) is 4.46. The zero-order chi connectivity index (χ0) is 14.8. The van der Waals surface area contributed by atoms with E-state index in [2.05, 4.69) is 4.98 Å². The zero-order valence-corrected chi connectivity index (χ0v) is 11.8. The van der Waals surface area contributed by atoms with Crippen LogP contribution in [0, 0.1) is 12.7 Å². The van der Waals surface area contributed by atoms with Gasteiger partial charge in [-0.25, -0.2) is 4.39 Å². The Hall–Kier alpha value is -2.26. The van der Waals surface area contributed by atoms with Crippen LogP contribution in [-0.2, 0) is 6.42 Å². The SMILES string of the molecule is Cc1cc(C(O)Cc2ccccc2F)c2ccccc2n1. The van der Waals surface area contributed by atoms with Gasteiger partial charge < -0.3 is 5.11 Å². The topological polar surface area (TPSA) is 33.1 Å². The molecular formula is C18H16FNO. The molecule has 3 heteroatoms. The number of nitrogens with zero attached hydrogens (tertiary/aromatic N) is 1. The van der Waals surface area contributed by atoms with Crippen LogP contribution in [0.25, 0.3) is 10.9 Å². The lowest BCUT2D eigenvalue weighted by atomic mass is 9.97. The summed E-state index contributed by atoms with van der Waals surface area (Å²) in [5.74, 6) is -0.286. The van der Waals surface area contributed by atoms with Gasteiger partial charge in [0.25, 0.3) is 0 Å². The van der Waals surface area contributed by atoms with Gasteiger partial charge in [-0.3, -0.25) is 4.98 Å². The molecule has 0 amide bonds. The van der Waals surface area contributed by atoms with Crippen LogP contribution < -0.4 is 0 Å². The first-order valence-electron chi connectivity index (χ1n) is 6.93. The summed E-state index contributed by atoms with van der Waals surface area (Å²) < 4.78 is 13.7. The normalized spacial score (nSPS) is 12.5. The van der Waals surface area contributed by atoms with Crippen LogP contribution in [0.2, 0.25) is 0 Å². The van der Waals surface area contributed by atoms with Gasteiger partial charge in [0.05, 0.1) is 11.6 Å². The molecule has 0 saturated heterocycles. The van der Waals surface area contributed by atoms with Crippen molar-refractivity contribution in [1.82, 2.24) is 4.98 Å². The number of aliphatic hydroxyl groups excluding tert-OH is 1. The molecule has 21 heavy (non-hydrogen) atoms. The van der Waals surface area contributed by atoms with Crippen LogP contribution in [0.4, 0.5) is 4.39 Å². The summed E-state index contributed by atoms with van der Waals surface area (Å²) in [6.45, 7) is 1.89. The lowest BCUT2D eigenvalue weighted by Gasteiger charge is -2.15. The Kier molecular flexibility index (Phi) is 3.67. The number of rotatable bonds is 3. The molecule has 1 unspecified atom stereocenters. The lowest BCUT2D eigenvalue weighted by molar-refractivity contribution is 0.178. The van der Waals surface area contributed by atoms with Crippen molar-refractivity contribution in [3.05, 3.63) is 77.2 Å². The van der Waals surface area contributed by atoms with Crippen molar-refractivity contribution in [2.45, 2.75) is 19.4 Å². The predicted molar refractivity (Wildman–Crippen MR) is 81.5 cm³/mol. The molecule has 0 aliphatic carbocycles. The molecule has 3 rings (SSSR count). The molecule has 106 valence electrons. The van der Waals surface area contributed by atoms with Gasteiger partial charge in [-0.1, -0.05) is 36.4 Å². The van der Waals surface area contributed by atoms with Gasteiger partial charge in [-0.2, -0.15) is 0 Å². The van der Waals surface area contributed by atoms with Gasteiger partial charge in [0.2, 0.25) is 0 Å². The largest absolute Gasteiger partial charge is 0.388 e. The van der Waals surface area contributed by atoms with Crippen molar-refractivity contribution in [3.63, 3.8) is 0 Å². The summed E-state index contributed by atoms with van der Waals surface area (Å²) in [6.07, 6.45) is -0.506. The number of aromatic nitrogens is 1. The Morgan fingerprint density at radius 3 is 2.62 bits per heavy atom. The molecule has 3 aromatic rings. The summed E-state index contributed by atoms with van der Waals surface area (Å²) in [6, 6.07) is 16.1. The molecule has 0 aliphatic rings. The van der Waals surface area contributed by atoms with Gasteiger partial charge in [0, 0.05) is 17.5 Å². The first-order valence-corrected chi connectivity index (χ1v) is 6.93. The highest BCUT2D eigenvalue weighted by atomic mass is 19.1. The molecule has 2 nitrogen and oxygen atoms in total. The fourth-order valence-electron chi connectivity index (χ4n) is 2.60. The fourth-order valence-corrected chi connectivity index (χ4v) is 2.60. The molecule has 0 saturated carbocycles. The zero-order valence-electron chi connectivity index (χ0n) is 11.8. The van der Waals surface area contributed by atoms with Crippen molar-refractivity contribution in [2.75, 3.05) is 0 Å². The first kappa shape index (κ1) is 13.7. The molecule has 2 aromatic carbocycles. The molecule has 0 radical (unpaired) electrons. The maximum atomic E-state index is 13.7. The van der Waals surface area contributed by atoms with Crippen LogP contribution in [0.5, 0.6) is 0 Å². The molecule has 0 aliphatic heterocycles. The number of hydrogen-bond acceptors (Lipinski definition) is 2. The van der Waals surface area contributed by atoms with E-state index >= 15 is 0 Å². The van der Waals surface area contributed by atoms with E-state index in [0.29, 0.717) is 5.56 Å². The van der Waals surface area contributed by atoms with Crippen molar-refractivity contribution >= 4 is 10.9 Å². The van der Waals surface area contributed by atoms with Gasteiger partial charge in [0.1, 0.15) is 5.82 Å².